The zero-order valence-electron chi connectivity index (χ0n) is 13.1. The molecule has 0 unspecified atom stereocenters. The summed E-state index contributed by atoms with van der Waals surface area (Å²) in [6.45, 7) is 4.95. The Morgan fingerprint density at radius 1 is 1.19 bits per heavy atom. The highest BCUT2D eigenvalue weighted by Gasteiger charge is 2.19. The lowest BCUT2D eigenvalue weighted by Crippen LogP contribution is -2.38. The van der Waals surface area contributed by atoms with Gasteiger partial charge in [0, 0.05) is 26.2 Å². The van der Waals surface area contributed by atoms with E-state index in [-0.39, 0.29) is 0 Å². The number of nitrogens with two attached hydrogens (primary N) is 1. The standard InChI is InChI=1S/C17H28N2O2/c1-20-16-5-3-15(4-6-16)7-11-19-12-8-17(9-13-19)21-14-2-10-18/h3-6,17H,2,7-14,18H2,1H3. The van der Waals surface area contributed by atoms with Crippen molar-refractivity contribution < 1.29 is 9.47 Å². The van der Waals surface area contributed by atoms with Gasteiger partial charge in [0.05, 0.1) is 13.2 Å². The molecule has 0 aliphatic carbocycles. The van der Waals surface area contributed by atoms with Crippen LogP contribution in [0.25, 0.3) is 0 Å². The molecule has 0 spiro atoms. The monoisotopic (exact) mass is 292 g/mol. The average Bonchev–Trinajstić information content (AvgIpc) is 2.55. The Labute approximate surface area is 128 Å². The zero-order chi connectivity index (χ0) is 14.9. The van der Waals surface area contributed by atoms with Crippen LogP contribution < -0.4 is 10.5 Å². The molecule has 4 nitrogen and oxygen atoms in total. The molecule has 1 fully saturated rings. The Hall–Kier alpha value is -1.10. The van der Waals surface area contributed by atoms with Gasteiger partial charge in [0.2, 0.25) is 0 Å². The molecule has 1 aliphatic heterocycles. The summed E-state index contributed by atoms with van der Waals surface area (Å²) in [4.78, 5) is 2.53. The van der Waals surface area contributed by atoms with E-state index in [0.29, 0.717) is 6.10 Å². The fourth-order valence-corrected chi connectivity index (χ4v) is 2.71. The molecule has 0 aromatic heterocycles. The number of piperidine rings is 1. The van der Waals surface area contributed by atoms with Gasteiger partial charge in [-0.25, -0.2) is 0 Å². The van der Waals surface area contributed by atoms with E-state index in [0.717, 1.165) is 64.2 Å². The van der Waals surface area contributed by atoms with Crippen molar-refractivity contribution in [2.24, 2.45) is 5.73 Å². The van der Waals surface area contributed by atoms with Crippen LogP contribution >= 0.6 is 0 Å². The average molecular weight is 292 g/mol. The number of rotatable bonds is 8. The molecule has 2 rings (SSSR count). The number of methoxy groups -OCH3 is 1. The Morgan fingerprint density at radius 3 is 2.52 bits per heavy atom. The largest absolute Gasteiger partial charge is 0.497 e. The Bertz CT molecular complexity index is 386. The number of benzene rings is 1. The minimum Gasteiger partial charge on any atom is -0.497 e. The molecule has 1 heterocycles. The lowest BCUT2D eigenvalue weighted by molar-refractivity contribution is 0.00752. The summed E-state index contributed by atoms with van der Waals surface area (Å²) >= 11 is 0. The minimum absolute atomic E-state index is 0.439. The van der Waals surface area contributed by atoms with Crippen LogP contribution in [0.1, 0.15) is 24.8 Å². The topological polar surface area (TPSA) is 47.7 Å². The molecule has 0 radical (unpaired) electrons. The minimum atomic E-state index is 0.439. The first kappa shape index (κ1) is 16.3. The van der Waals surface area contributed by atoms with Crippen molar-refractivity contribution in [3.63, 3.8) is 0 Å². The fraction of sp³-hybridized carbons (Fsp3) is 0.647. The van der Waals surface area contributed by atoms with Crippen molar-refractivity contribution in [1.82, 2.24) is 4.90 Å². The van der Waals surface area contributed by atoms with E-state index in [1.807, 2.05) is 12.1 Å². The SMILES string of the molecule is COc1ccc(CCN2CCC(OCCCN)CC2)cc1. The van der Waals surface area contributed by atoms with Crippen molar-refractivity contribution >= 4 is 0 Å². The smallest absolute Gasteiger partial charge is 0.118 e. The van der Waals surface area contributed by atoms with Crippen LogP contribution in [0.4, 0.5) is 0 Å². The predicted octanol–water partition coefficient (Wildman–Crippen LogP) is 2.07. The third-order valence-electron chi connectivity index (χ3n) is 4.11. The van der Waals surface area contributed by atoms with Crippen LogP contribution in [-0.4, -0.2) is 50.9 Å². The van der Waals surface area contributed by atoms with Gasteiger partial charge < -0.3 is 20.1 Å². The Kier molecular flexibility index (Phi) is 7.00. The maximum Gasteiger partial charge on any atom is 0.118 e. The molecule has 1 aliphatic rings. The molecular formula is C17H28N2O2. The quantitative estimate of drug-likeness (QED) is 0.745. The second kappa shape index (κ2) is 9.03. The lowest BCUT2D eigenvalue weighted by Gasteiger charge is -2.31. The normalized spacial score (nSPS) is 17.0. The summed E-state index contributed by atoms with van der Waals surface area (Å²) in [5.41, 5.74) is 6.86. The van der Waals surface area contributed by atoms with Gasteiger partial charge in [0.1, 0.15) is 5.75 Å². The second-order valence-corrected chi connectivity index (χ2v) is 5.65. The number of hydrogen-bond donors (Lipinski definition) is 1. The van der Waals surface area contributed by atoms with E-state index < -0.39 is 0 Å². The van der Waals surface area contributed by atoms with Gasteiger partial charge in [-0.3, -0.25) is 0 Å². The molecule has 118 valence electrons. The van der Waals surface area contributed by atoms with Gasteiger partial charge in [-0.15, -0.1) is 0 Å². The third-order valence-corrected chi connectivity index (χ3v) is 4.11. The lowest BCUT2D eigenvalue weighted by atomic mass is 10.1. The van der Waals surface area contributed by atoms with Crippen LogP contribution in [0.2, 0.25) is 0 Å². The molecule has 21 heavy (non-hydrogen) atoms. The summed E-state index contributed by atoms with van der Waals surface area (Å²) in [6.07, 6.45) is 4.80. The van der Waals surface area contributed by atoms with Gasteiger partial charge in [-0.2, -0.15) is 0 Å². The summed E-state index contributed by atoms with van der Waals surface area (Å²) in [6, 6.07) is 8.38. The van der Waals surface area contributed by atoms with Crippen LogP contribution in [0.5, 0.6) is 5.75 Å². The number of ether oxygens (including phenoxy) is 2. The molecule has 0 atom stereocenters. The van der Waals surface area contributed by atoms with Crippen LogP contribution in [-0.2, 0) is 11.2 Å². The van der Waals surface area contributed by atoms with E-state index in [4.69, 9.17) is 15.2 Å². The van der Waals surface area contributed by atoms with Gasteiger partial charge in [0.15, 0.2) is 0 Å². The van der Waals surface area contributed by atoms with Gasteiger partial charge in [-0.1, -0.05) is 12.1 Å². The van der Waals surface area contributed by atoms with Crippen LogP contribution in [0, 0.1) is 0 Å². The molecule has 0 saturated carbocycles. The number of nitrogens with zero attached hydrogens (tertiary/aromatic N) is 1. The highest BCUT2D eigenvalue weighted by Crippen LogP contribution is 2.16. The first-order chi connectivity index (χ1) is 10.3. The molecule has 2 N–H and O–H groups in total. The second-order valence-electron chi connectivity index (χ2n) is 5.65. The van der Waals surface area contributed by atoms with E-state index >= 15 is 0 Å². The predicted molar refractivity (Wildman–Crippen MR) is 85.8 cm³/mol. The summed E-state index contributed by atoms with van der Waals surface area (Å²) in [5.74, 6) is 0.925. The Balaban J connectivity index is 1.64. The van der Waals surface area contributed by atoms with Gasteiger partial charge in [0.25, 0.3) is 0 Å². The van der Waals surface area contributed by atoms with E-state index in [2.05, 4.69) is 17.0 Å². The van der Waals surface area contributed by atoms with Crippen LogP contribution in [0.3, 0.4) is 0 Å². The molecule has 0 amide bonds. The van der Waals surface area contributed by atoms with E-state index in [1.54, 1.807) is 7.11 Å². The first-order valence-corrected chi connectivity index (χ1v) is 7.99. The number of hydrogen-bond acceptors (Lipinski definition) is 4. The van der Waals surface area contributed by atoms with Crippen molar-refractivity contribution in [2.75, 3.05) is 39.9 Å². The van der Waals surface area contributed by atoms with Crippen molar-refractivity contribution in [3.8, 4) is 5.75 Å². The summed E-state index contributed by atoms with van der Waals surface area (Å²) in [7, 11) is 1.70. The molecular weight excluding hydrogens is 264 g/mol. The number of likely N-dealkylation sites (tertiary alicyclic amines) is 1. The highest BCUT2D eigenvalue weighted by molar-refractivity contribution is 5.27. The van der Waals surface area contributed by atoms with Gasteiger partial charge >= 0.3 is 0 Å². The maximum atomic E-state index is 5.84. The van der Waals surface area contributed by atoms with Crippen LogP contribution in [0.15, 0.2) is 24.3 Å². The van der Waals surface area contributed by atoms with Gasteiger partial charge in [-0.05, 0) is 49.9 Å². The summed E-state index contributed by atoms with van der Waals surface area (Å²) < 4.78 is 11.0. The highest BCUT2D eigenvalue weighted by atomic mass is 16.5. The molecule has 1 aromatic rings. The molecule has 0 bridgehead atoms. The maximum absolute atomic E-state index is 5.84. The van der Waals surface area contributed by atoms with Crippen molar-refractivity contribution in [1.29, 1.82) is 0 Å². The first-order valence-electron chi connectivity index (χ1n) is 7.99. The van der Waals surface area contributed by atoms with Crippen molar-refractivity contribution in [3.05, 3.63) is 29.8 Å². The van der Waals surface area contributed by atoms with E-state index in [9.17, 15) is 0 Å². The Morgan fingerprint density at radius 2 is 1.90 bits per heavy atom. The zero-order valence-corrected chi connectivity index (χ0v) is 13.1. The third kappa shape index (κ3) is 5.65. The summed E-state index contributed by atoms with van der Waals surface area (Å²) in [5, 5.41) is 0. The molecule has 1 saturated heterocycles. The fourth-order valence-electron chi connectivity index (χ4n) is 2.71. The molecule has 1 aromatic carbocycles. The van der Waals surface area contributed by atoms with E-state index in [1.165, 1.54) is 5.56 Å². The van der Waals surface area contributed by atoms with Crippen molar-refractivity contribution in [2.45, 2.75) is 31.8 Å². The molecule has 4 heteroatoms.